The third-order valence-corrected chi connectivity index (χ3v) is 4.28. The second-order valence-corrected chi connectivity index (χ2v) is 5.93. The number of carbonyl (C=O) groups excluding carboxylic acids is 1. The van der Waals surface area contributed by atoms with Gasteiger partial charge in [0, 0.05) is 30.7 Å². The zero-order valence-corrected chi connectivity index (χ0v) is 13.0. The number of hydrogen-bond acceptors (Lipinski definition) is 3. The van der Waals surface area contributed by atoms with E-state index in [2.05, 4.69) is 40.6 Å². The number of anilines is 1. The molecule has 4 rings (SSSR count). The molecule has 0 saturated heterocycles. The largest absolute Gasteiger partial charge is 0.383 e. The van der Waals surface area contributed by atoms with Crippen LogP contribution in [0.4, 0.5) is 5.69 Å². The van der Waals surface area contributed by atoms with Gasteiger partial charge in [0.15, 0.2) is 5.69 Å². The maximum atomic E-state index is 12.9. The minimum atomic E-state index is -0.0299. The molecule has 2 aromatic carbocycles. The molecule has 3 aromatic rings. The molecule has 2 heterocycles. The minimum absolute atomic E-state index is 0.0299. The van der Waals surface area contributed by atoms with Crippen molar-refractivity contribution < 1.29 is 4.79 Å². The van der Waals surface area contributed by atoms with Crippen LogP contribution in [0.1, 0.15) is 21.6 Å². The SMILES string of the molecule is Cc1ccc2c(c1)NCCN(C(=O)c1n[nH]c3ccccc13)C2. The number of hydrogen-bond donors (Lipinski definition) is 2. The van der Waals surface area contributed by atoms with E-state index in [-0.39, 0.29) is 5.91 Å². The van der Waals surface area contributed by atoms with Crippen molar-refractivity contribution in [2.24, 2.45) is 0 Å². The van der Waals surface area contributed by atoms with E-state index in [1.807, 2.05) is 29.2 Å². The summed E-state index contributed by atoms with van der Waals surface area (Å²) in [4.78, 5) is 14.8. The lowest BCUT2D eigenvalue weighted by Gasteiger charge is -2.19. The topological polar surface area (TPSA) is 61.0 Å². The molecule has 1 aliphatic rings. The Kier molecular flexibility index (Phi) is 3.26. The van der Waals surface area contributed by atoms with Crippen LogP contribution in [0.25, 0.3) is 10.9 Å². The number of fused-ring (bicyclic) bond motifs is 2. The van der Waals surface area contributed by atoms with Crippen molar-refractivity contribution >= 4 is 22.5 Å². The summed E-state index contributed by atoms with van der Waals surface area (Å²) in [7, 11) is 0. The van der Waals surface area contributed by atoms with Crippen LogP contribution in [0.2, 0.25) is 0 Å². The lowest BCUT2D eigenvalue weighted by Crippen LogP contribution is -2.33. The van der Waals surface area contributed by atoms with Gasteiger partial charge in [-0.05, 0) is 30.2 Å². The first kappa shape index (κ1) is 13.8. The minimum Gasteiger partial charge on any atom is -0.383 e. The second-order valence-electron chi connectivity index (χ2n) is 5.93. The number of rotatable bonds is 1. The third kappa shape index (κ3) is 2.44. The number of benzene rings is 2. The zero-order valence-electron chi connectivity index (χ0n) is 13.0. The standard InChI is InChI=1S/C18H18N4O/c1-12-6-7-13-11-22(9-8-19-16(13)10-12)18(23)17-14-4-2-3-5-15(14)20-21-17/h2-7,10,19H,8-9,11H2,1H3,(H,20,21). The van der Waals surface area contributed by atoms with Crippen molar-refractivity contribution in [2.45, 2.75) is 13.5 Å². The molecule has 0 spiro atoms. The molecule has 0 atom stereocenters. The number of amides is 1. The van der Waals surface area contributed by atoms with Gasteiger partial charge in [-0.1, -0.05) is 30.3 Å². The fourth-order valence-electron chi connectivity index (χ4n) is 3.05. The predicted molar refractivity (Wildman–Crippen MR) is 90.5 cm³/mol. The molecule has 1 amide bonds. The van der Waals surface area contributed by atoms with E-state index >= 15 is 0 Å². The molecule has 23 heavy (non-hydrogen) atoms. The molecule has 2 N–H and O–H groups in total. The Hall–Kier alpha value is -2.82. The van der Waals surface area contributed by atoms with E-state index in [1.54, 1.807) is 0 Å². The molecule has 0 radical (unpaired) electrons. The summed E-state index contributed by atoms with van der Waals surface area (Å²) in [5.74, 6) is -0.0299. The van der Waals surface area contributed by atoms with Crippen molar-refractivity contribution in [1.82, 2.24) is 15.1 Å². The van der Waals surface area contributed by atoms with Crippen molar-refractivity contribution in [3.8, 4) is 0 Å². The molecule has 5 heteroatoms. The molecule has 5 nitrogen and oxygen atoms in total. The first-order chi connectivity index (χ1) is 11.2. The average Bonchev–Trinajstić information content (AvgIpc) is 2.88. The Morgan fingerprint density at radius 1 is 1.22 bits per heavy atom. The van der Waals surface area contributed by atoms with Gasteiger partial charge in [0.25, 0.3) is 5.91 Å². The lowest BCUT2D eigenvalue weighted by atomic mass is 10.1. The Morgan fingerprint density at radius 2 is 2.09 bits per heavy atom. The number of aromatic amines is 1. The van der Waals surface area contributed by atoms with Gasteiger partial charge < -0.3 is 10.2 Å². The number of para-hydroxylation sites is 1. The molecule has 116 valence electrons. The summed E-state index contributed by atoms with van der Waals surface area (Å²) in [6, 6.07) is 14.0. The van der Waals surface area contributed by atoms with Gasteiger partial charge in [-0.25, -0.2) is 0 Å². The van der Waals surface area contributed by atoms with Crippen LogP contribution >= 0.6 is 0 Å². The Labute approximate surface area is 134 Å². The average molecular weight is 306 g/mol. The smallest absolute Gasteiger partial charge is 0.275 e. The van der Waals surface area contributed by atoms with Crippen molar-refractivity contribution in [1.29, 1.82) is 0 Å². The summed E-state index contributed by atoms with van der Waals surface area (Å²) < 4.78 is 0. The van der Waals surface area contributed by atoms with E-state index in [1.165, 1.54) is 5.56 Å². The fourth-order valence-corrected chi connectivity index (χ4v) is 3.05. The molecule has 0 aliphatic carbocycles. The molecular weight excluding hydrogens is 288 g/mol. The summed E-state index contributed by atoms with van der Waals surface area (Å²) in [6.45, 7) is 4.08. The Morgan fingerprint density at radius 3 is 3.00 bits per heavy atom. The summed E-state index contributed by atoms with van der Waals surface area (Å²) in [5.41, 5.74) is 4.86. The number of aryl methyl sites for hydroxylation is 1. The van der Waals surface area contributed by atoms with Crippen LogP contribution in [0.3, 0.4) is 0 Å². The van der Waals surface area contributed by atoms with Crippen LogP contribution in [0, 0.1) is 6.92 Å². The molecular formula is C18H18N4O. The van der Waals surface area contributed by atoms with Crippen LogP contribution in [0.5, 0.6) is 0 Å². The molecule has 1 aromatic heterocycles. The first-order valence-corrected chi connectivity index (χ1v) is 7.78. The highest BCUT2D eigenvalue weighted by Gasteiger charge is 2.23. The maximum absolute atomic E-state index is 12.9. The quantitative estimate of drug-likeness (QED) is 0.726. The van der Waals surface area contributed by atoms with Crippen molar-refractivity contribution in [3.05, 3.63) is 59.3 Å². The molecule has 0 bridgehead atoms. The second kappa shape index (κ2) is 5.43. The van der Waals surface area contributed by atoms with Gasteiger partial charge >= 0.3 is 0 Å². The van der Waals surface area contributed by atoms with Gasteiger partial charge in [-0.2, -0.15) is 5.10 Å². The van der Waals surface area contributed by atoms with Gasteiger partial charge in [-0.3, -0.25) is 9.89 Å². The third-order valence-electron chi connectivity index (χ3n) is 4.28. The maximum Gasteiger partial charge on any atom is 0.275 e. The molecule has 0 fully saturated rings. The van der Waals surface area contributed by atoms with E-state index in [0.29, 0.717) is 18.8 Å². The van der Waals surface area contributed by atoms with Gasteiger partial charge in [0.05, 0.1) is 5.52 Å². The number of nitrogens with zero attached hydrogens (tertiary/aromatic N) is 2. The normalized spacial score (nSPS) is 14.2. The summed E-state index contributed by atoms with van der Waals surface area (Å²) in [6.07, 6.45) is 0. The predicted octanol–water partition coefficient (Wildman–Crippen LogP) is 2.94. The number of nitrogens with one attached hydrogen (secondary N) is 2. The van der Waals surface area contributed by atoms with E-state index in [0.717, 1.165) is 28.7 Å². The van der Waals surface area contributed by atoms with Crippen LogP contribution in [-0.4, -0.2) is 34.1 Å². The first-order valence-electron chi connectivity index (χ1n) is 7.78. The Balaban J connectivity index is 1.67. The molecule has 0 unspecified atom stereocenters. The van der Waals surface area contributed by atoms with Gasteiger partial charge in [-0.15, -0.1) is 0 Å². The highest BCUT2D eigenvalue weighted by atomic mass is 16.2. The highest BCUT2D eigenvalue weighted by Crippen LogP contribution is 2.24. The number of H-pyrrole nitrogens is 1. The van der Waals surface area contributed by atoms with Crippen molar-refractivity contribution in [2.75, 3.05) is 18.4 Å². The zero-order chi connectivity index (χ0) is 15.8. The fraction of sp³-hybridized carbons (Fsp3) is 0.222. The van der Waals surface area contributed by atoms with Crippen LogP contribution in [-0.2, 0) is 6.54 Å². The van der Waals surface area contributed by atoms with Crippen LogP contribution < -0.4 is 5.32 Å². The van der Waals surface area contributed by atoms with E-state index < -0.39 is 0 Å². The number of aromatic nitrogens is 2. The van der Waals surface area contributed by atoms with Crippen LogP contribution in [0.15, 0.2) is 42.5 Å². The summed E-state index contributed by atoms with van der Waals surface area (Å²) >= 11 is 0. The van der Waals surface area contributed by atoms with Gasteiger partial charge in [0.2, 0.25) is 0 Å². The summed E-state index contributed by atoms with van der Waals surface area (Å²) in [5, 5.41) is 11.5. The van der Waals surface area contributed by atoms with E-state index in [9.17, 15) is 4.79 Å². The lowest BCUT2D eigenvalue weighted by molar-refractivity contribution is 0.0749. The van der Waals surface area contributed by atoms with E-state index in [4.69, 9.17) is 0 Å². The Bertz CT molecular complexity index is 884. The molecule has 1 aliphatic heterocycles. The molecule has 0 saturated carbocycles. The monoisotopic (exact) mass is 306 g/mol. The highest BCUT2D eigenvalue weighted by molar-refractivity contribution is 6.04. The van der Waals surface area contributed by atoms with Gasteiger partial charge in [0.1, 0.15) is 0 Å². The number of carbonyl (C=O) groups is 1. The van der Waals surface area contributed by atoms with Crippen molar-refractivity contribution in [3.63, 3.8) is 0 Å².